The summed E-state index contributed by atoms with van der Waals surface area (Å²) >= 11 is 0. The van der Waals surface area contributed by atoms with Gasteiger partial charge in [0.05, 0.1) is 5.71 Å². The number of hydrogen-bond acceptors (Lipinski definition) is 2. The maximum absolute atomic E-state index is 4.12. The minimum Gasteiger partial charge on any atom is -0.263 e. The molecular formula is C10H16N2. The summed E-state index contributed by atoms with van der Waals surface area (Å²) < 4.78 is 0. The van der Waals surface area contributed by atoms with Crippen LogP contribution in [0.15, 0.2) is 35.5 Å². The van der Waals surface area contributed by atoms with Gasteiger partial charge in [-0.05, 0) is 0 Å². The zero-order chi connectivity index (χ0) is 9.61. The van der Waals surface area contributed by atoms with E-state index in [-0.39, 0.29) is 5.41 Å². The van der Waals surface area contributed by atoms with Crippen LogP contribution in [-0.4, -0.2) is 11.9 Å². The number of hydrogen-bond donors (Lipinski definition) is 0. The summed E-state index contributed by atoms with van der Waals surface area (Å²) in [6.07, 6.45) is 4.72. The molecule has 0 bridgehead atoms. The Morgan fingerprint density at radius 1 is 1.17 bits per heavy atom. The van der Waals surface area contributed by atoms with E-state index in [2.05, 4.69) is 43.9 Å². The van der Waals surface area contributed by atoms with E-state index in [1.54, 1.807) is 6.21 Å². The van der Waals surface area contributed by atoms with Gasteiger partial charge in [0.1, 0.15) is 0 Å². The minimum absolute atomic E-state index is 0.000694. The van der Waals surface area contributed by atoms with E-state index in [1.807, 2.05) is 0 Å². The highest BCUT2D eigenvalue weighted by molar-refractivity contribution is 6.33. The minimum atomic E-state index is 0.000694. The van der Waals surface area contributed by atoms with Gasteiger partial charge in [0.15, 0.2) is 0 Å². The highest BCUT2D eigenvalue weighted by Crippen LogP contribution is 2.14. The van der Waals surface area contributed by atoms with Crippen LogP contribution in [0.3, 0.4) is 0 Å². The molecule has 0 spiro atoms. The van der Waals surface area contributed by atoms with Gasteiger partial charge in [0.25, 0.3) is 0 Å². The van der Waals surface area contributed by atoms with Gasteiger partial charge in [-0.2, -0.15) is 0 Å². The van der Waals surface area contributed by atoms with Crippen LogP contribution in [0, 0.1) is 5.41 Å². The Labute approximate surface area is 74.4 Å². The topological polar surface area (TPSA) is 24.7 Å². The zero-order valence-electron chi connectivity index (χ0n) is 8.04. The molecule has 0 fully saturated rings. The molecule has 0 heterocycles. The second-order valence-electron chi connectivity index (χ2n) is 3.41. The van der Waals surface area contributed by atoms with Crippen LogP contribution in [0.25, 0.3) is 0 Å². The van der Waals surface area contributed by atoms with Crippen LogP contribution in [0.4, 0.5) is 0 Å². The number of aliphatic imine (C=N–C) groups is 2. The maximum Gasteiger partial charge on any atom is 0.0639 e. The maximum atomic E-state index is 4.12. The lowest BCUT2D eigenvalue weighted by Gasteiger charge is -2.16. The van der Waals surface area contributed by atoms with E-state index in [9.17, 15) is 0 Å². The third kappa shape index (κ3) is 3.86. The van der Waals surface area contributed by atoms with Gasteiger partial charge in [-0.15, -0.1) is 0 Å². The van der Waals surface area contributed by atoms with E-state index in [0.717, 1.165) is 5.71 Å². The molecule has 66 valence electrons. The molecule has 0 aromatic heterocycles. The van der Waals surface area contributed by atoms with Gasteiger partial charge in [-0.25, -0.2) is 0 Å². The molecule has 2 nitrogen and oxygen atoms in total. The molecule has 0 aliphatic carbocycles. The molecule has 0 saturated heterocycles. The molecule has 0 N–H and O–H groups in total. The molecule has 0 unspecified atom stereocenters. The summed E-state index contributed by atoms with van der Waals surface area (Å²) in [6.45, 7) is 13.3. The Kier molecular flexibility index (Phi) is 4.19. The second-order valence-corrected chi connectivity index (χ2v) is 3.41. The van der Waals surface area contributed by atoms with Crippen LogP contribution in [0.1, 0.15) is 20.8 Å². The van der Waals surface area contributed by atoms with Crippen LogP contribution in [-0.2, 0) is 0 Å². The predicted molar refractivity (Wildman–Crippen MR) is 55.8 cm³/mol. The molecule has 0 atom stereocenters. The molecular weight excluding hydrogens is 148 g/mol. The van der Waals surface area contributed by atoms with Crippen LogP contribution >= 0.6 is 0 Å². The van der Waals surface area contributed by atoms with Crippen molar-refractivity contribution in [2.75, 3.05) is 0 Å². The fraction of sp³-hybridized carbons (Fsp3) is 0.400. The summed E-state index contributed by atoms with van der Waals surface area (Å²) in [5.74, 6) is 0. The van der Waals surface area contributed by atoms with Crippen molar-refractivity contribution in [1.82, 2.24) is 0 Å². The summed E-state index contributed by atoms with van der Waals surface area (Å²) in [4.78, 5) is 8.03. The zero-order valence-corrected chi connectivity index (χ0v) is 8.04. The average molecular weight is 164 g/mol. The van der Waals surface area contributed by atoms with E-state index in [4.69, 9.17) is 0 Å². The lowest BCUT2D eigenvalue weighted by molar-refractivity contribution is 0.598. The molecule has 0 radical (unpaired) electrons. The van der Waals surface area contributed by atoms with Crippen LogP contribution in [0.5, 0.6) is 0 Å². The van der Waals surface area contributed by atoms with Crippen molar-refractivity contribution < 1.29 is 0 Å². The van der Waals surface area contributed by atoms with Crippen molar-refractivity contribution in [3.63, 3.8) is 0 Å². The van der Waals surface area contributed by atoms with Crippen molar-refractivity contribution in [3.05, 3.63) is 25.6 Å². The van der Waals surface area contributed by atoms with Gasteiger partial charge in [0, 0.05) is 24.0 Å². The molecule has 2 heteroatoms. The monoisotopic (exact) mass is 164 g/mol. The first kappa shape index (κ1) is 10.8. The highest BCUT2D eigenvalue weighted by Gasteiger charge is 2.15. The first-order valence-corrected chi connectivity index (χ1v) is 3.85. The highest BCUT2D eigenvalue weighted by atomic mass is 14.8. The number of rotatable bonds is 3. The summed E-state index contributed by atoms with van der Waals surface area (Å²) in [6, 6.07) is 0. The average Bonchev–Trinajstić information content (AvgIpc) is 1.95. The van der Waals surface area contributed by atoms with Crippen LogP contribution in [0.2, 0.25) is 0 Å². The van der Waals surface area contributed by atoms with Gasteiger partial charge >= 0.3 is 0 Å². The lowest BCUT2D eigenvalue weighted by atomic mass is 9.90. The summed E-state index contributed by atoms with van der Waals surface area (Å²) in [5, 5.41) is 0. The lowest BCUT2D eigenvalue weighted by Crippen LogP contribution is -2.21. The summed E-state index contributed by atoms with van der Waals surface area (Å²) in [5.41, 5.74) is 0.901. The van der Waals surface area contributed by atoms with E-state index in [1.165, 1.54) is 12.4 Å². The second kappa shape index (κ2) is 4.65. The standard InChI is InChI=1S/C10H16N2/c1-6-11-8-9(12-7-2)10(3,4)5/h6-8H,1-2H2,3-5H3/b11-8-,12-9+. The fourth-order valence-electron chi connectivity index (χ4n) is 0.642. The van der Waals surface area contributed by atoms with Crippen molar-refractivity contribution in [3.8, 4) is 0 Å². The Bertz CT molecular complexity index is 216. The SMILES string of the molecule is C=C/N=C\C(=N/C=C)C(C)(C)C. The van der Waals surface area contributed by atoms with Crippen molar-refractivity contribution >= 4 is 11.9 Å². The predicted octanol–water partition coefficient (Wildman–Crippen LogP) is 2.83. The molecule has 0 rings (SSSR count). The Morgan fingerprint density at radius 3 is 2.08 bits per heavy atom. The van der Waals surface area contributed by atoms with Crippen molar-refractivity contribution in [1.29, 1.82) is 0 Å². The molecule has 0 saturated carbocycles. The third-order valence-electron chi connectivity index (χ3n) is 1.30. The van der Waals surface area contributed by atoms with Crippen molar-refractivity contribution in [2.24, 2.45) is 15.4 Å². The van der Waals surface area contributed by atoms with E-state index in [0.29, 0.717) is 0 Å². The first-order chi connectivity index (χ1) is 5.52. The Hall–Kier alpha value is -1.18. The largest absolute Gasteiger partial charge is 0.263 e. The quantitative estimate of drug-likeness (QED) is 0.573. The molecule has 0 amide bonds. The fourth-order valence-corrected chi connectivity index (χ4v) is 0.642. The Morgan fingerprint density at radius 2 is 1.75 bits per heavy atom. The van der Waals surface area contributed by atoms with E-state index >= 15 is 0 Å². The first-order valence-electron chi connectivity index (χ1n) is 3.85. The van der Waals surface area contributed by atoms with E-state index < -0.39 is 0 Å². The van der Waals surface area contributed by atoms with Gasteiger partial charge in [0.2, 0.25) is 0 Å². The third-order valence-corrected chi connectivity index (χ3v) is 1.30. The van der Waals surface area contributed by atoms with Crippen molar-refractivity contribution in [2.45, 2.75) is 20.8 Å². The molecule has 0 aromatic rings. The summed E-state index contributed by atoms with van der Waals surface area (Å²) in [7, 11) is 0. The Balaban J connectivity index is 4.68. The van der Waals surface area contributed by atoms with Gasteiger partial charge in [-0.3, -0.25) is 9.98 Å². The van der Waals surface area contributed by atoms with Crippen LogP contribution < -0.4 is 0 Å². The number of nitrogens with zero attached hydrogens (tertiary/aromatic N) is 2. The van der Waals surface area contributed by atoms with Gasteiger partial charge in [-0.1, -0.05) is 33.9 Å². The van der Waals surface area contributed by atoms with Gasteiger partial charge < -0.3 is 0 Å². The smallest absolute Gasteiger partial charge is 0.0639 e. The molecule has 0 aromatic carbocycles. The normalized spacial score (nSPS) is 13.4. The molecule has 0 aliphatic rings. The molecule has 0 aliphatic heterocycles. The molecule has 12 heavy (non-hydrogen) atoms.